The van der Waals surface area contributed by atoms with Gasteiger partial charge in [-0.3, -0.25) is 4.79 Å². The van der Waals surface area contributed by atoms with Gasteiger partial charge in [0, 0.05) is 32.5 Å². The van der Waals surface area contributed by atoms with Gasteiger partial charge in [-0.15, -0.1) is 0 Å². The fourth-order valence-electron chi connectivity index (χ4n) is 2.69. The number of carbonyl (C=O) groups excluding carboxylic acids is 1. The lowest BCUT2D eigenvalue weighted by atomic mass is 9.99. The van der Waals surface area contributed by atoms with Crippen molar-refractivity contribution in [2.24, 2.45) is 0 Å². The second-order valence-electron chi connectivity index (χ2n) is 5.34. The molecular weight excluding hydrogens is 395 g/mol. The lowest BCUT2D eigenvalue weighted by molar-refractivity contribution is 0.103. The maximum Gasteiger partial charge on any atom is 0.261 e. The molecule has 0 aliphatic heterocycles. The molecule has 2 aromatic carbocycles. The van der Waals surface area contributed by atoms with Crippen LogP contribution in [0.2, 0.25) is 0 Å². The van der Waals surface area contributed by atoms with Crippen LogP contribution in [0, 0.1) is 0 Å². The third kappa shape index (κ3) is 3.21. The Kier molecular flexibility index (Phi) is 4.24. The highest BCUT2D eigenvalue weighted by molar-refractivity contribution is 8.14. The highest BCUT2D eigenvalue weighted by Crippen LogP contribution is 2.29. The molecule has 0 spiro atoms. The first-order chi connectivity index (χ1) is 11.1. The maximum atomic E-state index is 12.8. The van der Waals surface area contributed by atoms with Crippen LogP contribution < -0.4 is 0 Å². The van der Waals surface area contributed by atoms with E-state index < -0.39 is 23.9 Å². The largest absolute Gasteiger partial charge is 0.289 e. The molecule has 126 valence electrons. The molecule has 1 aliphatic carbocycles. The van der Waals surface area contributed by atoms with Crippen LogP contribution in [-0.2, 0) is 30.9 Å². The van der Waals surface area contributed by atoms with Crippen molar-refractivity contribution in [3.8, 4) is 0 Å². The van der Waals surface area contributed by atoms with Crippen LogP contribution in [0.3, 0.4) is 0 Å². The molecule has 0 heterocycles. The van der Waals surface area contributed by atoms with Crippen molar-refractivity contribution in [2.75, 3.05) is 0 Å². The average Bonchev–Trinajstić information content (AvgIpc) is 2.63. The molecular formula is C15H10Cl2O5S2. The summed E-state index contributed by atoms with van der Waals surface area (Å²) in [4.78, 5) is 12.5. The van der Waals surface area contributed by atoms with E-state index in [1.54, 1.807) is 12.1 Å². The summed E-state index contributed by atoms with van der Waals surface area (Å²) in [5.41, 5.74) is 1.74. The van der Waals surface area contributed by atoms with Crippen molar-refractivity contribution in [1.82, 2.24) is 0 Å². The fourth-order valence-corrected chi connectivity index (χ4v) is 4.24. The summed E-state index contributed by atoms with van der Waals surface area (Å²) < 4.78 is 46.0. The molecule has 0 saturated carbocycles. The van der Waals surface area contributed by atoms with E-state index in [0.29, 0.717) is 24.0 Å². The van der Waals surface area contributed by atoms with Crippen molar-refractivity contribution < 1.29 is 21.6 Å². The van der Waals surface area contributed by atoms with Gasteiger partial charge in [-0.1, -0.05) is 12.1 Å². The van der Waals surface area contributed by atoms with E-state index in [4.69, 9.17) is 21.4 Å². The second kappa shape index (κ2) is 5.84. The smallest absolute Gasteiger partial charge is 0.261 e. The molecule has 0 aromatic heterocycles. The van der Waals surface area contributed by atoms with E-state index in [1.165, 1.54) is 24.3 Å². The van der Waals surface area contributed by atoms with Crippen LogP contribution >= 0.6 is 21.4 Å². The Morgan fingerprint density at radius 2 is 1.08 bits per heavy atom. The topological polar surface area (TPSA) is 85.3 Å². The Hall–Kier alpha value is -1.41. The Morgan fingerprint density at radius 3 is 1.42 bits per heavy atom. The van der Waals surface area contributed by atoms with Crippen LogP contribution in [0.25, 0.3) is 0 Å². The van der Waals surface area contributed by atoms with Crippen molar-refractivity contribution in [2.45, 2.75) is 22.6 Å². The van der Waals surface area contributed by atoms with Crippen molar-refractivity contribution in [3.63, 3.8) is 0 Å². The number of hydrogen-bond donors (Lipinski definition) is 0. The molecule has 1 aliphatic rings. The standard InChI is InChI=1S/C15H10Cl2O5S2/c16-23(19,20)11-5-3-9-1-2-10-4-6-12(24(17,21)22)8-14(10)15(18)13(9)7-11/h3-8H,1-2H2. The molecule has 0 atom stereocenters. The highest BCUT2D eigenvalue weighted by Gasteiger charge is 2.25. The first-order valence-corrected chi connectivity index (χ1v) is 11.4. The van der Waals surface area contributed by atoms with Gasteiger partial charge < -0.3 is 0 Å². The molecule has 0 bridgehead atoms. The maximum absolute atomic E-state index is 12.8. The Bertz CT molecular complexity index is 988. The zero-order chi connectivity index (χ0) is 17.7. The van der Waals surface area contributed by atoms with E-state index in [0.717, 1.165) is 0 Å². The number of carbonyl (C=O) groups is 1. The summed E-state index contributed by atoms with van der Waals surface area (Å²) in [5.74, 6) is -0.457. The predicted octanol–water partition coefficient (Wildman–Crippen LogP) is 2.87. The third-order valence-electron chi connectivity index (χ3n) is 3.88. The molecule has 2 aromatic rings. The third-order valence-corrected chi connectivity index (χ3v) is 6.58. The van der Waals surface area contributed by atoms with Crippen LogP contribution in [0.15, 0.2) is 46.2 Å². The molecule has 0 unspecified atom stereocenters. The average molecular weight is 405 g/mol. The molecule has 0 amide bonds. The number of halogens is 2. The summed E-state index contributed by atoms with van der Waals surface area (Å²) in [5, 5.41) is 0. The number of hydrogen-bond acceptors (Lipinski definition) is 5. The molecule has 0 N–H and O–H groups in total. The van der Waals surface area contributed by atoms with Crippen LogP contribution in [0.4, 0.5) is 0 Å². The van der Waals surface area contributed by atoms with Gasteiger partial charge in [0.25, 0.3) is 18.1 Å². The molecule has 0 fully saturated rings. The predicted molar refractivity (Wildman–Crippen MR) is 89.8 cm³/mol. The minimum absolute atomic E-state index is 0.180. The summed E-state index contributed by atoms with van der Waals surface area (Å²) in [7, 11) is 2.72. The van der Waals surface area contributed by atoms with E-state index >= 15 is 0 Å². The van der Waals surface area contributed by atoms with Crippen LogP contribution in [0.5, 0.6) is 0 Å². The van der Waals surface area contributed by atoms with Gasteiger partial charge in [-0.05, 0) is 48.2 Å². The summed E-state index contributed by atoms with van der Waals surface area (Å²) in [6.45, 7) is 0. The molecule has 24 heavy (non-hydrogen) atoms. The molecule has 9 heteroatoms. The van der Waals surface area contributed by atoms with Crippen LogP contribution in [0.1, 0.15) is 27.0 Å². The van der Waals surface area contributed by atoms with Gasteiger partial charge in [-0.2, -0.15) is 0 Å². The van der Waals surface area contributed by atoms with E-state index in [1.807, 2.05) is 0 Å². The van der Waals surface area contributed by atoms with Gasteiger partial charge in [0.2, 0.25) is 0 Å². The highest BCUT2D eigenvalue weighted by atomic mass is 35.7. The SMILES string of the molecule is O=C1c2cc(S(=O)(=O)Cl)ccc2CCc2ccc(S(=O)(=O)Cl)cc21. The minimum Gasteiger partial charge on any atom is -0.289 e. The monoisotopic (exact) mass is 404 g/mol. The minimum atomic E-state index is -3.98. The van der Waals surface area contributed by atoms with Gasteiger partial charge in [0.1, 0.15) is 0 Å². The number of ketones is 1. The molecule has 3 rings (SSSR count). The van der Waals surface area contributed by atoms with E-state index in [-0.39, 0.29) is 20.9 Å². The number of fused-ring (bicyclic) bond motifs is 2. The number of rotatable bonds is 2. The van der Waals surface area contributed by atoms with E-state index in [2.05, 4.69) is 0 Å². The lowest BCUT2D eigenvalue weighted by Crippen LogP contribution is -2.07. The summed E-state index contributed by atoms with van der Waals surface area (Å²) in [6.07, 6.45) is 1.04. The molecule has 5 nitrogen and oxygen atoms in total. The zero-order valence-electron chi connectivity index (χ0n) is 12.0. The number of aryl methyl sites for hydroxylation is 2. The lowest BCUT2D eigenvalue weighted by Gasteiger charge is -2.08. The Morgan fingerprint density at radius 1 is 0.708 bits per heavy atom. The first-order valence-electron chi connectivity index (χ1n) is 6.77. The van der Waals surface area contributed by atoms with E-state index in [9.17, 15) is 21.6 Å². The quantitative estimate of drug-likeness (QED) is 0.718. The van der Waals surface area contributed by atoms with Crippen molar-refractivity contribution >= 4 is 45.2 Å². The normalized spacial score (nSPS) is 14.7. The Labute approximate surface area is 148 Å². The molecule has 0 saturated heterocycles. The van der Waals surface area contributed by atoms with Gasteiger partial charge in [0.05, 0.1) is 9.79 Å². The second-order valence-corrected chi connectivity index (χ2v) is 10.5. The summed E-state index contributed by atoms with van der Waals surface area (Å²) >= 11 is 0. The fraction of sp³-hybridized carbons (Fsp3) is 0.133. The van der Waals surface area contributed by atoms with Crippen LogP contribution in [-0.4, -0.2) is 22.6 Å². The summed E-state index contributed by atoms with van der Waals surface area (Å²) in [6, 6.07) is 8.23. The zero-order valence-corrected chi connectivity index (χ0v) is 15.1. The van der Waals surface area contributed by atoms with Crippen molar-refractivity contribution in [3.05, 3.63) is 58.7 Å². The van der Waals surface area contributed by atoms with Gasteiger partial charge >= 0.3 is 0 Å². The van der Waals surface area contributed by atoms with Gasteiger partial charge in [0.15, 0.2) is 5.78 Å². The van der Waals surface area contributed by atoms with Gasteiger partial charge in [-0.25, -0.2) is 16.8 Å². The molecule has 0 radical (unpaired) electrons. The number of benzene rings is 2. The van der Waals surface area contributed by atoms with Crippen molar-refractivity contribution in [1.29, 1.82) is 0 Å². The Balaban J connectivity index is 2.22. The first kappa shape index (κ1) is 17.4.